The van der Waals surface area contributed by atoms with Crippen molar-refractivity contribution < 1.29 is 24.2 Å². The van der Waals surface area contributed by atoms with Gasteiger partial charge in [-0.1, -0.05) is 70.2 Å². The number of carbonyl (C=O) groups excluding carboxylic acids is 3. The quantitative estimate of drug-likeness (QED) is 0.269. The molecule has 0 heterocycles. The molecule has 5 N–H and O–H groups in total. The summed E-state index contributed by atoms with van der Waals surface area (Å²) in [6, 6.07) is 14.2. The minimum atomic E-state index is -0.847. The Morgan fingerprint density at radius 1 is 0.778 bits per heavy atom. The fraction of sp³-hybridized carbons (Fsp3) is 0.444. The largest absolute Gasteiger partial charge is 0.508 e. The molecule has 0 spiro atoms. The van der Waals surface area contributed by atoms with E-state index in [1.165, 1.54) is 0 Å². The molecule has 0 saturated heterocycles. The van der Waals surface area contributed by atoms with E-state index < -0.39 is 24.1 Å². The highest BCUT2D eigenvalue weighted by molar-refractivity contribution is 5.91. The SMILES string of the molecule is CC(C)C[C@H](NC(=O)OCc1ccccc1)C(=O)N[C@@H](CC(C)C)C(=O)NNCc1ccc(O)cc1. The third kappa shape index (κ3) is 10.8. The summed E-state index contributed by atoms with van der Waals surface area (Å²) >= 11 is 0. The van der Waals surface area contributed by atoms with E-state index in [-0.39, 0.29) is 30.1 Å². The highest BCUT2D eigenvalue weighted by Crippen LogP contribution is 2.11. The van der Waals surface area contributed by atoms with Crippen LogP contribution in [-0.2, 0) is 27.5 Å². The van der Waals surface area contributed by atoms with Crippen LogP contribution in [0.2, 0.25) is 0 Å². The van der Waals surface area contributed by atoms with Crippen LogP contribution in [0.1, 0.15) is 51.7 Å². The van der Waals surface area contributed by atoms with Gasteiger partial charge in [0.05, 0.1) is 0 Å². The van der Waals surface area contributed by atoms with E-state index in [1.54, 1.807) is 24.3 Å². The number of hydrogen-bond acceptors (Lipinski definition) is 6. The number of aromatic hydroxyl groups is 1. The first-order chi connectivity index (χ1) is 17.1. The number of phenolic OH excluding ortho intramolecular Hbond substituents is 1. The summed E-state index contributed by atoms with van der Waals surface area (Å²) in [6.45, 7) is 8.25. The first-order valence-corrected chi connectivity index (χ1v) is 12.2. The van der Waals surface area contributed by atoms with Crippen molar-refractivity contribution in [2.45, 2.75) is 65.8 Å². The van der Waals surface area contributed by atoms with Gasteiger partial charge in [0.15, 0.2) is 0 Å². The Labute approximate surface area is 213 Å². The maximum absolute atomic E-state index is 13.1. The lowest BCUT2D eigenvalue weighted by molar-refractivity contribution is -0.131. The number of phenols is 1. The number of hydrogen-bond donors (Lipinski definition) is 5. The molecule has 2 atom stereocenters. The average molecular weight is 499 g/mol. The second-order valence-corrected chi connectivity index (χ2v) is 9.59. The standard InChI is InChI=1S/C27H38N4O5/c1-18(2)14-23(30-27(35)36-17-21-8-6-5-7-9-21)25(33)29-24(15-19(3)4)26(34)31-28-16-20-10-12-22(32)13-11-20/h5-13,18-19,23-24,28,32H,14-17H2,1-4H3,(H,29,33)(H,30,35)(H,31,34)/t23-,24-/m0/s1. The Balaban J connectivity index is 1.95. The third-order valence-corrected chi connectivity index (χ3v) is 5.31. The van der Waals surface area contributed by atoms with Crippen LogP contribution < -0.4 is 21.5 Å². The lowest BCUT2D eigenvalue weighted by Gasteiger charge is -2.25. The van der Waals surface area contributed by atoms with Crippen LogP contribution in [0.4, 0.5) is 4.79 Å². The smallest absolute Gasteiger partial charge is 0.408 e. The molecule has 0 aromatic heterocycles. The van der Waals surface area contributed by atoms with E-state index in [2.05, 4.69) is 21.5 Å². The Morgan fingerprint density at radius 3 is 1.94 bits per heavy atom. The molecule has 9 nitrogen and oxygen atoms in total. The lowest BCUT2D eigenvalue weighted by atomic mass is 10.0. The minimum absolute atomic E-state index is 0.0910. The van der Waals surface area contributed by atoms with Crippen molar-refractivity contribution in [1.82, 2.24) is 21.5 Å². The highest BCUT2D eigenvalue weighted by Gasteiger charge is 2.28. The van der Waals surface area contributed by atoms with Gasteiger partial charge in [0, 0.05) is 6.54 Å². The zero-order valence-electron chi connectivity index (χ0n) is 21.4. The molecule has 0 saturated carbocycles. The van der Waals surface area contributed by atoms with E-state index in [9.17, 15) is 19.5 Å². The third-order valence-electron chi connectivity index (χ3n) is 5.31. The molecule has 2 aromatic rings. The number of hydrazine groups is 1. The molecule has 2 aromatic carbocycles. The monoisotopic (exact) mass is 498 g/mol. The molecule has 36 heavy (non-hydrogen) atoms. The lowest BCUT2D eigenvalue weighted by Crippen LogP contribution is -2.56. The topological polar surface area (TPSA) is 129 Å². The molecule has 9 heteroatoms. The highest BCUT2D eigenvalue weighted by atomic mass is 16.5. The molecule has 0 radical (unpaired) electrons. The summed E-state index contributed by atoms with van der Waals surface area (Å²) < 4.78 is 5.27. The van der Waals surface area contributed by atoms with E-state index in [0.717, 1.165) is 11.1 Å². The van der Waals surface area contributed by atoms with Gasteiger partial charge >= 0.3 is 6.09 Å². The number of rotatable bonds is 13. The zero-order chi connectivity index (χ0) is 26.5. The molecule has 196 valence electrons. The summed E-state index contributed by atoms with van der Waals surface area (Å²) in [7, 11) is 0. The number of ether oxygens (including phenoxy) is 1. The van der Waals surface area contributed by atoms with Gasteiger partial charge in [-0.3, -0.25) is 15.0 Å². The number of alkyl carbamates (subject to hydrolysis) is 1. The van der Waals surface area contributed by atoms with Crippen molar-refractivity contribution in [3.8, 4) is 5.75 Å². The molecular formula is C27H38N4O5. The molecule has 2 rings (SSSR count). The number of benzene rings is 2. The molecule has 0 aliphatic carbocycles. The van der Waals surface area contributed by atoms with Crippen LogP contribution in [-0.4, -0.2) is 35.1 Å². The van der Waals surface area contributed by atoms with Crippen molar-refractivity contribution in [3.05, 3.63) is 65.7 Å². The van der Waals surface area contributed by atoms with Gasteiger partial charge in [0.2, 0.25) is 5.91 Å². The second kappa shape index (κ2) is 14.7. The number of carbonyl (C=O) groups is 3. The zero-order valence-corrected chi connectivity index (χ0v) is 21.4. The summed E-state index contributed by atoms with van der Waals surface area (Å²) in [6.07, 6.45) is 0.118. The fourth-order valence-electron chi connectivity index (χ4n) is 3.52. The van der Waals surface area contributed by atoms with Crippen molar-refractivity contribution in [1.29, 1.82) is 0 Å². The van der Waals surface area contributed by atoms with Gasteiger partial charge in [-0.2, -0.15) is 0 Å². The summed E-state index contributed by atoms with van der Waals surface area (Å²) in [5.74, 6) is -0.397. The first-order valence-electron chi connectivity index (χ1n) is 12.2. The maximum Gasteiger partial charge on any atom is 0.408 e. The molecule has 0 aliphatic heterocycles. The van der Waals surface area contributed by atoms with Gasteiger partial charge in [-0.05, 0) is 47.9 Å². The van der Waals surface area contributed by atoms with Gasteiger partial charge in [0.25, 0.3) is 5.91 Å². The van der Waals surface area contributed by atoms with Crippen molar-refractivity contribution in [2.75, 3.05) is 0 Å². The summed E-state index contributed by atoms with van der Waals surface area (Å²) in [5.41, 5.74) is 7.20. The predicted molar refractivity (Wildman–Crippen MR) is 137 cm³/mol. The van der Waals surface area contributed by atoms with Crippen LogP contribution in [0.25, 0.3) is 0 Å². The Bertz CT molecular complexity index is 964. The van der Waals surface area contributed by atoms with Gasteiger partial charge < -0.3 is 20.5 Å². The second-order valence-electron chi connectivity index (χ2n) is 9.59. The van der Waals surface area contributed by atoms with E-state index in [4.69, 9.17) is 4.74 Å². The van der Waals surface area contributed by atoms with Crippen molar-refractivity contribution in [2.24, 2.45) is 11.8 Å². The van der Waals surface area contributed by atoms with E-state index >= 15 is 0 Å². The van der Waals surface area contributed by atoms with Crippen LogP contribution in [0.5, 0.6) is 5.75 Å². The van der Waals surface area contributed by atoms with Gasteiger partial charge in [-0.15, -0.1) is 0 Å². The van der Waals surface area contributed by atoms with Gasteiger partial charge in [0.1, 0.15) is 24.4 Å². The minimum Gasteiger partial charge on any atom is -0.508 e. The summed E-state index contributed by atoms with van der Waals surface area (Å²) in [5, 5.41) is 14.8. The Morgan fingerprint density at radius 2 is 1.36 bits per heavy atom. The van der Waals surface area contributed by atoms with E-state index in [0.29, 0.717) is 19.4 Å². The molecule has 3 amide bonds. The molecule has 0 unspecified atom stereocenters. The molecule has 0 aliphatic rings. The Kier molecular flexibility index (Phi) is 11.7. The van der Waals surface area contributed by atoms with Crippen LogP contribution >= 0.6 is 0 Å². The van der Waals surface area contributed by atoms with Crippen molar-refractivity contribution >= 4 is 17.9 Å². The number of nitrogens with one attached hydrogen (secondary N) is 4. The summed E-state index contributed by atoms with van der Waals surface area (Å²) in [4.78, 5) is 38.3. The Hall–Kier alpha value is -3.59. The van der Waals surface area contributed by atoms with Crippen molar-refractivity contribution in [3.63, 3.8) is 0 Å². The van der Waals surface area contributed by atoms with Crippen LogP contribution in [0, 0.1) is 11.8 Å². The predicted octanol–water partition coefficient (Wildman–Crippen LogP) is 3.39. The first kappa shape index (κ1) is 28.6. The maximum atomic E-state index is 13.1. The van der Waals surface area contributed by atoms with Gasteiger partial charge in [-0.25, -0.2) is 10.2 Å². The van der Waals surface area contributed by atoms with Crippen LogP contribution in [0.3, 0.4) is 0 Å². The molecule has 0 fully saturated rings. The molecular weight excluding hydrogens is 460 g/mol. The van der Waals surface area contributed by atoms with Crippen LogP contribution in [0.15, 0.2) is 54.6 Å². The van der Waals surface area contributed by atoms with E-state index in [1.807, 2.05) is 58.0 Å². The normalized spacial score (nSPS) is 12.6. The molecule has 0 bridgehead atoms. The average Bonchev–Trinajstić information content (AvgIpc) is 2.83. The fourth-order valence-corrected chi connectivity index (χ4v) is 3.52. The number of amides is 3.